The molecule has 0 aromatic heterocycles. The molecule has 0 unspecified atom stereocenters. The molecule has 2 nitrogen and oxygen atoms in total. The Morgan fingerprint density at radius 2 is 1.95 bits per heavy atom. The summed E-state index contributed by atoms with van der Waals surface area (Å²) in [6.07, 6.45) is 0. The summed E-state index contributed by atoms with van der Waals surface area (Å²) in [7, 11) is 0. The van der Waals surface area contributed by atoms with Gasteiger partial charge in [-0.15, -0.1) is 0 Å². The topological polar surface area (TPSA) is 29.1 Å². The molecule has 0 aliphatic heterocycles. The number of carbonyl (C=O) groups excluding carboxylic acids is 1. The van der Waals surface area contributed by atoms with Gasteiger partial charge in [0, 0.05) is 22.1 Å². The SMILES string of the molecule is Cc1ccc(Br)cc1C(=O)NCc1cc(F)ccc1F. The molecule has 0 spiro atoms. The number of hydrogen-bond donors (Lipinski definition) is 1. The lowest BCUT2D eigenvalue weighted by Crippen LogP contribution is -2.24. The highest BCUT2D eigenvalue weighted by Crippen LogP contribution is 2.16. The highest BCUT2D eigenvalue weighted by molar-refractivity contribution is 9.10. The fraction of sp³-hybridized carbons (Fsp3) is 0.133. The molecule has 0 saturated heterocycles. The van der Waals surface area contributed by atoms with E-state index in [9.17, 15) is 13.6 Å². The van der Waals surface area contributed by atoms with Crippen molar-refractivity contribution in [2.75, 3.05) is 0 Å². The Balaban J connectivity index is 2.12. The summed E-state index contributed by atoms with van der Waals surface area (Å²) in [6, 6.07) is 8.48. The zero-order valence-corrected chi connectivity index (χ0v) is 12.3. The zero-order chi connectivity index (χ0) is 14.7. The molecular weight excluding hydrogens is 328 g/mol. The van der Waals surface area contributed by atoms with Crippen molar-refractivity contribution in [3.05, 3.63) is 69.2 Å². The molecule has 0 bridgehead atoms. The molecule has 2 aromatic rings. The minimum atomic E-state index is -0.544. The van der Waals surface area contributed by atoms with Crippen LogP contribution in [-0.2, 0) is 6.54 Å². The summed E-state index contributed by atoms with van der Waals surface area (Å²) in [5.41, 5.74) is 1.42. The van der Waals surface area contributed by atoms with Gasteiger partial charge in [0.05, 0.1) is 0 Å². The molecule has 0 aliphatic carbocycles. The van der Waals surface area contributed by atoms with Crippen LogP contribution in [0.4, 0.5) is 8.78 Å². The van der Waals surface area contributed by atoms with Crippen LogP contribution in [0.5, 0.6) is 0 Å². The lowest BCUT2D eigenvalue weighted by Gasteiger charge is -2.09. The van der Waals surface area contributed by atoms with Crippen LogP contribution in [0.2, 0.25) is 0 Å². The Kier molecular flexibility index (Phi) is 4.49. The fourth-order valence-electron chi connectivity index (χ4n) is 1.79. The molecule has 104 valence electrons. The van der Waals surface area contributed by atoms with Gasteiger partial charge in [0.25, 0.3) is 5.91 Å². The van der Waals surface area contributed by atoms with Crippen molar-refractivity contribution < 1.29 is 13.6 Å². The molecule has 20 heavy (non-hydrogen) atoms. The van der Waals surface area contributed by atoms with Gasteiger partial charge < -0.3 is 5.32 Å². The number of nitrogens with one attached hydrogen (secondary N) is 1. The third-order valence-electron chi connectivity index (χ3n) is 2.89. The third kappa shape index (κ3) is 3.42. The van der Waals surface area contributed by atoms with E-state index in [-0.39, 0.29) is 18.0 Å². The number of halogens is 3. The van der Waals surface area contributed by atoms with Crippen LogP contribution in [0, 0.1) is 18.6 Å². The van der Waals surface area contributed by atoms with Crippen molar-refractivity contribution in [3.63, 3.8) is 0 Å². The van der Waals surface area contributed by atoms with Gasteiger partial charge in [0.15, 0.2) is 0 Å². The van der Waals surface area contributed by atoms with Crippen molar-refractivity contribution in [2.24, 2.45) is 0 Å². The Morgan fingerprint density at radius 3 is 2.70 bits per heavy atom. The minimum Gasteiger partial charge on any atom is -0.348 e. The monoisotopic (exact) mass is 339 g/mol. The summed E-state index contributed by atoms with van der Waals surface area (Å²) >= 11 is 3.29. The lowest BCUT2D eigenvalue weighted by atomic mass is 10.1. The molecule has 0 saturated carbocycles. The summed E-state index contributed by atoms with van der Waals surface area (Å²) in [5.74, 6) is -1.40. The number of amides is 1. The van der Waals surface area contributed by atoms with Gasteiger partial charge in [-0.1, -0.05) is 22.0 Å². The number of hydrogen-bond acceptors (Lipinski definition) is 1. The number of carbonyl (C=O) groups is 1. The maximum Gasteiger partial charge on any atom is 0.251 e. The molecule has 1 N–H and O–H groups in total. The predicted octanol–water partition coefficient (Wildman–Crippen LogP) is 3.97. The van der Waals surface area contributed by atoms with E-state index in [2.05, 4.69) is 21.2 Å². The second-order valence-electron chi connectivity index (χ2n) is 4.38. The van der Waals surface area contributed by atoms with Crippen molar-refractivity contribution in [3.8, 4) is 0 Å². The fourth-order valence-corrected chi connectivity index (χ4v) is 2.15. The minimum absolute atomic E-state index is 0.0611. The highest BCUT2D eigenvalue weighted by Gasteiger charge is 2.11. The van der Waals surface area contributed by atoms with Gasteiger partial charge >= 0.3 is 0 Å². The average Bonchev–Trinajstić information content (AvgIpc) is 2.42. The second kappa shape index (κ2) is 6.13. The third-order valence-corrected chi connectivity index (χ3v) is 3.38. The average molecular weight is 340 g/mol. The van der Waals surface area contributed by atoms with Crippen LogP contribution in [0.3, 0.4) is 0 Å². The lowest BCUT2D eigenvalue weighted by molar-refractivity contribution is 0.0950. The second-order valence-corrected chi connectivity index (χ2v) is 5.29. The largest absolute Gasteiger partial charge is 0.348 e. The van der Waals surface area contributed by atoms with Gasteiger partial charge in [-0.2, -0.15) is 0 Å². The predicted molar refractivity (Wildman–Crippen MR) is 76.4 cm³/mol. The molecule has 0 fully saturated rings. The van der Waals surface area contributed by atoms with Gasteiger partial charge in [0.1, 0.15) is 11.6 Å². The highest BCUT2D eigenvalue weighted by atomic mass is 79.9. The van der Waals surface area contributed by atoms with E-state index in [1.807, 2.05) is 19.1 Å². The first-order chi connectivity index (χ1) is 9.47. The molecule has 0 heterocycles. The maximum atomic E-state index is 13.4. The van der Waals surface area contributed by atoms with Crippen molar-refractivity contribution in [2.45, 2.75) is 13.5 Å². The number of rotatable bonds is 3. The van der Waals surface area contributed by atoms with Gasteiger partial charge in [-0.05, 0) is 42.8 Å². The van der Waals surface area contributed by atoms with E-state index in [1.54, 1.807) is 6.07 Å². The van der Waals surface area contributed by atoms with Crippen LogP contribution in [0.1, 0.15) is 21.5 Å². The number of benzene rings is 2. The summed E-state index contributed by atoms with van der Waals surface area (Å²) in [4.78, 5) is 12.0. The Bertz CT molecular complexity index is 658. The van der Waals surface area contributed by atoms with E-state index in [0.717, 1.165) is 28.2 Å². The van der Waals surface area contributed by atoms with E-state index in [0.29, 0.717) is 5.56 Å². The Hall–Kier alpha value is -1.75. The van der Waals surface area contributed by atoms with Crippen LogP contribution in [0.25, 0.3) is 0 Å². The zero-order valence-electron chi connectivity index (χ0n) is 10.7. The standard InChI is InChI=1S/C15H12BrF2NO/c1-9-2-3-11(16)7-13(9)15(20)19-8-10-6-12(17)4-5-14(10)18/h2-7H,8H2,1H3,(H,19,20). The van der Waals surface area contributed by atoms with Gasteiger partial charge in [0.2, 0.25) is 0 Å². The molecule has 2 aromatic carbocycles. The van der Waals surface area contributed by atoms with E-state index in [1.165, 1.54) is 0 Å². The smallest absolute Gasteiger partial charge is 0.251 e. The molecule has 1 amide bonds. The van der Waals surface area contributed by atoms with E-state index >= 15 is 0 Å². The van der Waals surface area contributed by atoms with Crippen molar-refractivity contribution in [1.29, 1.82) is 0 Å². The Morgan fingerprint density at radius 1 is 1.20 bits per heavy atom. The van der Waals surface area contributed by atoms with Crippen LogP contribution < -0.4 is 5.32 Å². The summed E-state index contributed by atoms with van der Waals surface area (Å²) in [6.45, 7) is 1.75. The number of aryl methyl sites for hydroxylation is 1. The van der Waals surface area contributed by atoms with Crippen molar-refractivity contribution in [1.82, 2.24) is 5.32 Å². The normalized spacial score (nSPS) is 10.4. The summed E-state index contributed by atoms with van der Waals surface area (Å²) in [5, 5.41) is 2.58. The molecule has 5 heteroatoms. The maximum absolute atomic E-state index is 13.4. The van der Waals surface area contributed by atoms with Crippen LogP contribution in [0.15, 0.2) is 40.9 Å². The molecule has 2 rings (SSSR count). The first-order valence-corrected chi connectivity index (χ1v) is 6.75. The molecule has 0 atom stereocenters. The van der Waals surface area contributed by atoms with E-state index < -0.39 is 11.6 Å². The molecular formula is C15H12BrF2NO. The van der Waals surface area contributed by atoms with Crippen LogP contribution in [-0.4, -0.2) is 5.91 Å². The van der Waals surface area contributed by atoms with Crippen molar-refractivity contribution >= 4 is 21.8 Å². The first-order valence-electron chi connectivity index (χ1n) is 5.95. The van der Waals surface area contributed by atoms with Crippen LogP contribution >= 0.6 is 15.9 Å². The molecule has 0 aliphatic rings. The first kappa shape index (κ1) is 14.7. The van der Waals surface area contributed by atoms with E-state index in [4.69, 9.17) is 0 Å². The summed E-state index contributed by atoms with van der Waals surface area (Å²) < 4.78 is 27.2. The quantitative estimate of drug-likeness (QED) is 0.900. The van der Waals surface area contributed by atoms with Gasteiger partial charge in [-0.3, -0.25) is 4.79 Å². The molecule has 0 radical (unpaired) electrons. The van der Waals surface area contributed by atoms with Gasteiger partial charge in [-0.25, -0.2) is 8.78 Å². The Labute approximate surface area is 123 Å².